The van der Waals surface area contributed by atoms with Crippen molar-refractivity contribution >= 4 is 10.0 Å². The second-order valence-corrected chi connectivity index (χ2v) is 7.12. The Balaban J connectivity index is 2.08. The molecule has 1 atom stereocenters. The minimum absolute atomic E-state index is 0.0280. The lowest BCUT2D eigenvalue weighted by Gasteiger charge is -2.31. The summed E-state index contributed by atoms with van der Waals surface area (Å²) in [6.45, 7) is 2.02. The molecule has 6 nitrogen and oxygen atoms in total. The van der Waals surface area contributed by atoms with Gasteiger partial charge in [-0.1, -0.05) is 0 Å². The summed E-state index contributed by atoms with van der Waals surface area (Å²) < 4.78 is 68.0. The van der Waals surface area contributed by atoms with Gasteiger partial charge >= 0.3 is 12.2 Å². The van der Waals surface area contributed by atoms with Gasteiger partial charge in [0.25, 0.3) is 0 Å². The number of hydrogen-bond acceptors (Lipinski definition) is 5. The third-order valence-electron chi connectivity index (χ3n) is 3.30. The first kappa shape index (κ1) is 16.9. The predicted molar refractivity (Wildman–Crippen MR) is 71.7 cm³/mol. The molecule has 22 heavy (non-hydrogen) atoms. The van der Waals surface area contributed by atoms with E-state index in [2.05, 4.69) is 9.97 Å². The molecule has 1 saturated heterocycles. The van der Waals surface area contributed by atoms with Gasteiger partial charge in [0, 0.05) is 12.7 Å². The number of sulfonamides is 1. The predicted octanol–water partition coefficient (Wildman–Crippen LogP) is 1.69. The van der Waals surface area contributed by atoms with E-state index in [9.17, 15) is 21.6 Å². The molecule has 1 fully saturated rings. The minimum Gasteiger partial charge on any atom is -0.459 e. The van der Waals surface area contributed by atoms with Gasteiger partial charge in [0.05, 0.1) is 12.3 Å². The number of ether oxygens (including phenoxy) is 1. The van der Waals surface area contributed by atoms with Crippen LogP contribution >= 0.6 is 0 Å². The van der Waals surface area contributed by atoms with Gasteiger partial charge in [-0.3, -0.25) is 0 Å². The Morgan fingerprint density at radius 1 is 1.45 bits per heavy atom. The van der Waals surface area contributed by atoms with Crippen LogP contribution in [0.1, 0.15) is 25.5 Å². The van der Waals surface area contributed by atoms with Crippen LogP contribution in [0.2, 0.25) is 0 Å². The fourth-order valence-electron chi connectivity index (χ4n) is 2.14. The molecule has 2 heterocycles. The maximum Gasteiger partial charge on any atom is 0.433 e. The van der Waals surface area contributed by atoms with E-state index in [1.165, 1.54) is 11.2 Å². The van der Waals surface area contributed by atoms with Crippen molar-refractivity contribution in [3.8, 4) is 6.01 Å². The standard InChI is InChI=1S/C12H16F3N3O3S/c1-2-22(19,20)18-7-3-4-9(8-18)21-11-16-6-5-10(17-11)12(13,14)15/h5-6,9H,2-4,7-8H2,1H3. The number of piperidine rings is 1. The summed E-state index contributed by atoms with van der Waals surface area (Å²) in [4.78, 5) is 6.97. The van der Waals surface area contributed by atoms with Gasteiger partial charge in [0.1, 0.15) is 6.10 Å². The van der Waals surface area contributed by atoms with Crippen molar-refractivity contribution in [1.29, 1.82) is 0 Å². The van der Waals surface area contributed by atoms with Crippen LogP contribution in [-0.2, 0) is 16.2 Å². The highest BCUT2D eigenvalue weighted by Gasteiger charge is 2.34. The van der Waals surface area contributed by atoms with Gasteiger partial charge in [-0.15, -0.1) is 0 Å². The number of rotatable bonds is 4. The highest BCUT2D eigenvalue weighted by atomic mass is 32.2. The van der Waals surface area contributed by atoms with Crippen LogP contribution in [0.25, 0.3) is 0 Å². The highest BCUT2D eigenvalue weighted by Crippen LogP contribution is 2.28. The molecule has 1 aliphatic rings. The second kappa shape index (κ2) is 6.37. The first-order valence-electron chi connectivity index (χ1n) is 6.77. The van der Waals surface area contributed by atoms with Gasteiger partial charge in [-0.2, -0.15) is 22.5 Å². The summed E-state index contributed by atoms with van der Waals surface area (Å²) in [5.74, 6) is -0.0280. The van der Waals surface area contributed by atoms with E-state index in [4.69, 9.17) is 4.74 Å². The van der Waals surface area contributed by atoms with Crippen LogP contribution in [0.15, 0.2) is 12.3 Å². The summed E-state index contributed by atoms with van der Waals surface area (Å²) in [5.41, 5.74) is -1.09. The average molecular weight is 339 g/mol. The Morgan fingerprint density at radius 2 is 2.18 bits per heavy atom. The zero-order valence-electron chi connectivity index (χ0n) is 11.9. The van der Waals surface area contributed by atoms with E-state index in [0.717, 1.165) is 12.3 Å². The molecule has 1 aromatic heterocycles. The largest absolute Gasteiger partial charge is 0.459 e. The lowest BCUT2D eigenvalue weighted by Crippen LogP contribution is -2.45. The molecule has 10 heteroatoms. The van der Waals surface area contributed by atoms with Crippen molar-refractivity contribution in [2.24, 2.45) is 0 Å². The van der Waals surface area contributed by atoms with Crippen molar-refractivity contribution < 1.29 is 26.3 Å². The molecular formula is C12H16F3N3O3S. The number of alkyl halides is 3. The fraction of sp³-hybridized carbons (Fsp3) is 0.667. The first-order valence-corrected chi connectivity index (χ1v) is 8.38. The van der Waals surface area contributed by atoms with Crippen molar-refractivity contribution in [3.63, 3.8) is 0 Å². The third-order valence-corrected chi connectivity index (χ3v) is 5.14. The van der Waals surface area contributed by atoms with Crippen molar-refractivity contribution in [2.75, 3.05) is 18.8 Å². The molecule has 0 amide bonds. The monoisotopic (exact) mass is 339 g/mol. The summed E-state index contributed by atoms with van der Waals surface area (Å²) >= 11 is 0. The zero-order chi connectivity index (χ0) is 16.4. The Labute approximate surface area is 126 Å². The van der Waals surface area contributed by atoms with Crippen LogP contribution in [0, 0.1) is 0 Å². The van der Waals surface area contributed by atoms with Crippen LogP contribution in [0.5, 0.6) is 6.01 Å². The molecule has 1 aliphatic heterocycles. The number of nitrogens with zero attached hydrogens (tertiary/aromatic N) is 3. The van der Waals surface area contributed by atoms with E-state index in [1.54, 1.807) is 0 Å². The maximum atomic E-state index is 12.6. The second-order valence-electron chi connectivity index (χ2n) is 4.86. The Bertz CT molecular complexity index is 622. The molecule has 1 unspecified atom stereocenters. The van der Waals surface area contributed by atoms with Crippen LogP contribution < -0.4 is 4.74 Å². The Hall–Kier alpha value is -1.42. The van der Waals surface area contributed by atoms with Gasteiger partial charge in [-0.05, 0) is 25.8 Å². The van der Waals surface area contributed by atoms with Gasteiger partial charge in [0.2, 0.25) is 10.0 Å². The zero-order valence-corrected chi connectivity index (χ0v) is 12.7. The smallest absolute Gasteiger partial charge is 0.433 e. The number of aromatic nitrogens is 2. The molecule has 0 aromatic carbocycles. The molecule has 0 spiro atoms. The molecule has 0 bridgehead atoms. The summed E-state index contributed by atoms with van der Waals surface area (Å²) in [7, 11) is -3.35. The van der Waals surface area contributed by atoms with Crippen molar-refractivity contribution in [1.82, 2.24) is 14.3 Å². The topological polar surface area (TPSA) is 72.4 Å². The van der Waals surface area contributed by atoms with Gasteiger partial charge < -0.3 is 4.74 Å². The van der Waals surface area contributed by atoms with Crippen molar-refractivity contribution in [2.45, 2.75) is 32.0 Å². The average Bonchev–Trinajstić information content (AvgIpc) is 2.47. The molecular weight excluding hydrogens is 323 g/mol. The third kappa shape index (κ3) is 4.07. The normalized spacial score (nSPS) is 20.8. The van der Waals surface area contributed by atoms with Gasteiger partial charge in [-0.25, -0.2) is 13.4 Å². The molecule has 0 aliphatic carbocycles. The number of halogens is 3. The fourth-order valence-corrected chi connectivity index (χ4v) is 3.31. The first-order chi connectivity index (χ1) is 10.2. The maximum absolute atomic E-state index is 12.6. The summed E-state index contributed by atoms with van der Waals surface area (Å²) in [6.07, 6.45) is -3.06. The lowest BCUT2D eigenvalue weighted by molar-refractivity contribution is -0.141. The van der Waals surface area contributed by atoms with Crippen LogP contribution in [0.3, 0.4) is 0 Å². The van der Waals surface area contributed by atoms with Crippen LogP contribution in [-0.4, -0.2) is 47.6 Å². The van der Waals surface area contributed by atoms with E-state index in [1.807, 2.05) is 0 Å². The molecule has 0 N–H and O–H groups in total. The molecule has 2 rings (SSSR count). The van der Waals surface area contributed by atoms with E-state index in [-0.39, 0.29) is 12.3 Å². The molecule has 1 aromatic rings. The minimum atomic E-state index is -4.58. The number of hydrogen-bond donors (Lipinski definition) is 0. The summed E-state index contributed by atoms with van der Waals surface area (Å²) in [5, 5.41) is 0. The molecule has 0 saturated carbocycles. The summed E-state index contributed by atoms with van der Waals surface area (Å²) in [6, 6.07) is 0.359. The van der Waals surface area contributed by atoms with E-state index in [0.29, 0.717) is 19.4 Å². The van der Waals surface area contributed by atoms with Crippen LogP contribution in [0.4, 0.5) is 13.2 Å². The quantitative estimate of drug-likeness (QED) is 0.835. The Kier molecular flexibility index (Phi) is 4.90. The highest BCUT2D eigenvalue weighted by molar-refractivity contribution is 7.89. The lowest BCUT2D eigenvalue weighted by atomic mass is 10.1. The van der Waals surface area contributed by atoms with Crippen molar-refractivity contribution in [3.05, 3.63) is 18.0 Å². The van der Waals surface area contributed by atoms with Gasteiger partial charge in [0.15, 0.2) is 5.69 Å². The van der Waals surface area contributed by atoms with E-state index < -0.39 is 34.0 Å². The molecule has 124 valence electrons. The molecule has 0 radical (unpaired) electrons. The van der Waals surface area contributed by atoms with E-state index >= 15 is 0 Å². The SMILES string of the molecule is CCS(=O)(=O)N1CCCC(Oc2nccc(C(F)(F)F)n2)C1. The Morgan fingerprint density at radius 3 is 2.82 bits per heavy atom.